The largest absolute Gasteiger partial charge is 0.341 e. The molecule has 0 spiro atoms. The Kier molecular flexibility index (Phi) is 7.04. The van der Waals surface area contributed by atoms with Gasteiger partial charge in [-0.05, 0) is 67.8 Å². The second-order valence-corrected chi connectivity index (χ2v) is 9.70. The Balaban J connectivity index is 1.41. The van der Waals surface area contributed by atoms with Crippen molar-refractivity contribution in [3.05, 3.63) is 89.6 Å². The van der Waals surface area contributed by atoms with Crippen LogP contribution in [0.3, 0.4) is 0 Å². The number of thiazole rings is 1. The number of anilines is 1. The van der Waals surface area contributed by atoms with Gasteiger partial charge in [0.25, 0.3) is 5.91 Å². The maximum absolute atomic E-state index is 12.7. The standard InChI is InChI=1S/C27H27N5O2S/c1-17(30-25(34)21-8-5-9-22(15-21)27(2,3)28)24(33)32-26-31-23(16-35-26)20-7-4-6-19(14-20)18-10-12-29-13-11-18/h4-17H,28H2,1-3H3,(H,30,34)(H,31,32,33). The lowest BCUT2D eigenvalue weighted by molar-refractivity contribution is -0.117. The minimum absolute atomic E-state index is 0.341. The molecule has 0 aliphatic heterocycles. The monoisotopic (exact) mass is 485 g/mol. The van der Waals surface area contributed by atoms with E-state index in [1.165, 1.54) is 11.3 Å². The lowest BCUT2D eigenvalue weighted by Crippen LogP contribution is -2.41. The summed E-state index contributed by atoms with van der Waals surface area (Å²) in [6.07, 6.45) is 3.52. The van der Waals surface area contributed by atoms with Crippen LogP contribution in [0.5, 0.6) is 0 Å². The minimum Gasteiger partial charge on any atom is -0.341 e. The molecule has 2 aromatic carbocycles. The molecule has 1 atom stereocenters. The normalized spacial score (nSPS) is 12.1. The van der Waals surface area contributed by atoms with Gasteiger partial charge in [0.05, 0.1) is 5.69 Å². The molecule has 7 nitrogen and oxygen atoms in total. The minimum atomic E-state index is -0.751. The fourth-order valence-corrected chi connectivity index (χ4v) is 4.21. The first-order chi connectivity index (χ1) is 16.7. The van der Waals surface area contributed by atoms with Crippen LogP contribution in [-0.2, 0) is 10.3 Å². The van der Waals surface area contributed by atoms with Gasteiger partial charge in [-0.15, -0.1) is 11.3 Å². The summed E-state index contributed by atoms with van der Waals surface area (Å²) < 4.78 is 0. The van der Waals surface area contributed by atoms with Gasteiger partial charge in [0, 0.05) is 34.4 Å². The molecule has 0 fully saturated rings. The van der Waals surface area contributed by atoms with Crippen LogP contribution in [-0.4, -0.2) is 27.8 Å². The lowest BCUT2D eigenvalue weighted by atomic mass is 9.94. The average Bonchev–Trinajstić information content (AvgIpc) is 3.32. The summed E-state index contributed by atoms with van der Waals surface area (Å²) in [6, 6.07) is 18.3. The number of hydrogen-bond acceptors (Lipinski definition) is 6. The van der Waals surface area contributed by atoms with Crippen LogP contribution in [0.2, 0.25) is 0 Å². The van der Waals surface area contributed by atoms with Crippen molar-refractivity contribution in [1.82, 2.24) is 15.3 Å². The van der Waals surface area contributed by atoms with Gasteiger partial charge >= 0.3 is 0 Å². The topological polar surface area (TPSA) is 110 Å². The van der Waals surface area contributed by atoms with Crippen LogP contribution in [0.25, 0.3) is 22.4 Å². The first kappa shape index (κ1) is 24.3. The Bertz CT molecular complexity index is 1340. The number of carbonyl (C=O) groups is 2. The van der Waals surface area contributed by atoms with Gasteiger partial charge in [-0.3, -0.25) is 14.6 Å². The average molecular weight is 486 g/mol. The van der Waals surface area contributed by atoms with Gasteiger partial charge in [0.1, 0.15) is 6.04 Å². The van der Waals surface area contributed by atoms with Crippen molar-refractivity contribution in [2.24, 2.45) is 5.73 Å². The molecule has 35 heavy (non-hydrogen) atoms. The maximum atomic E-state index is 12.7. The van der Waals surface area contributed by atoms with E-state index in [2.05, 4.69) is 26.7 Å². The number of carbonyl (C=O) groups excluding carboxylic acids is 2. The quantitative estimate of drug-likeness (QED) is 0.348. The number of aromatic nitrogens is 2. The fraction of sp³-hybridized carbons (Fsp3) is 0.185. The van der Waals surface area contributed by atoms with Gasteiger partial charge in [-0.1, -0.05) is 30.3 Å². The Hall–Kier alpha value is -3.88. The van der Waals surface area contributed by atoms with Crippen LogP contribution >= 0.6 is 11.3 Å². The molecule has 8 heteroatoms. The molecule has 4 N–H and O–H groups in total. The van der Waals surface area contributed by atoms with E-state index in [9.17, 15) is 9.59 Å². The second kappa shape index (κ2) is 10.2. The van der Waals surface area contributed by atoms with Crippen molar-refractivity contribution >= 4 is 28.3 Å². The number of benzene rings is 2. The Morgan fingerprint density at radius 1 is 0.971 bits per heavy atom. The third-order valence-corrected chi connectivity index (χ3v) is 6.27. The number of amides is 2. The molecule has 2 aromatic heterocycles. The highest BCUT2D eigenvalue weighted by Crippen LogP contribution is 2.28. The fourth-order valence-electron chi connectivity index (χ4n) is 3.49. The zero-order valence-electron chi connectivity index (χ0n) is 19.8. The van der Waals surface area contributed by atoms with Crippen molar-refractivity contribution in [3.8, 4) is 22.4 Å². The number of nitrogens with one attached hydrogen (secondary N) is 2. The van der Waals surface area contributed by atoms with E-state index in [0.29, 0.717) is 10.7 Å². The molecule has 178 valence electrons. The van der Waals surface area contributed by atoms with Gasteiger partial charge in [0.15, 0.2) is 5.13 Å². The first-order valence-electron chi connectivity index (χ1n) is 11.2. The summed E-state index contributed by atoms with van der Waals surface area (Å²) in [5.74, 6) is -0.688. The van der Waals surface area contributed by atoms with Crippen molar-refractivity contribution in [3.63, 3.8) is 0 Å². The molecular formula is C27H27N5O2S. The van der Waals surface area contributed by atoms with Crippen LogP contribution in [0.4, 0.5) is 5.13 Å². The van der Waals surface area contributed by atoms with Gasteiger partial charge < -0.3 is 16.4 Å². The molecule has 2 amide bonds. The summed E-state index contributed by atoms with van der Waals surface area (Å²) in [7, 11) is 0. The van der Waals surface area contributed by atoms with E-state index in [1.54, 1.807) is 37.5 Å². The molecule has 0 saturated heterocycles. The van der Waals surface area contributed by atoms with Gasteiger partial charge in [-0.25, -0.2) is 4.98 Å². The molecule has 1 unspecified atom stereocenters. The van der Waals surface area contributed by atoms with E-state index in [-0.39, 0.29) is 11.8 Å². The van der Waals surface area contributed by atoms with Crippen LogP contribution in [0.1, 0.15) is 36.7 Å². The van der Waals surface area contributed by atoms with Crippen molar-refractivity contribution in [2.45, 2.75) is 32.4 Å². The summed E-state index contributed by atoms with van der Waals surface area (Å²) in [5.41, 5.74) is 10.7. The number of nitrogens with two attached hydrogens (primary N) is 1. The highest BCUT2D eigenvalue weighted by atomic mass is 32.1. The van der Waals surface area contributed by atoms with Crippen molar-refractivity contribution in [1.29, 1.82) is 0 Å². The van der Waals surface area contributed by atoms with Crippen LogP contribution < -0.4 is 16.4 Å². The third-order valence-electron chi connectivity index (χ3n) is 5.52. The van der Waals surface area contributed by atoms with Gasteiger partial charge in [-0.2, -0.15) is 0 Å². The zero-order chi connectivity index (χ0) is 25.0. The maximum Gasteiger partial charge on any atom is 0.251 e. The molecular weight excluding hydrogens is 458 g/mol. The molecule has 0 radical (unpaired) electrons. The van der Waals surface area contributed by atoms with Gasteiger partial charge in [0.2, 0.25) is 5.91 Å². The first-order valence-corrected chi connectivity index (χ1v) is 12.1. The Morgan fingerprint density at radius 3 is 2.43 bits per heavy atom. The zero-order valence-corrected chi connectivity index (χ0v) is 20.6. The lowest BCUT2D eigenvalue weighted by Gasteiger charge is -2.20. The predicted molar refractivity (Wildman–Crippen MR) is 140 cm³/mol. The molecule has 4 rings (SSSR count). The SMILES string of the molecule is CC(NC(=O)c1cccc(C(C)(C)N)c1)C(=O)Nc1nc(-c2cccc(-c3ccncc3)c2)cs1. The van der Waals surface area contributed by atoms with E-state index < -0.39 is 11.6 Å². The highest BCUT2D eigenvalue weighted by molar-refractivity contribution is 7.14. The molecule has 4 aromatic rings. The Morgan fingerprint density at radius 2 is 1.69 bits per heavy atom. The smallest absolute Gasteiger partial charge is 0.251 e. The summed E-state index contributed by atoms with van der Waals surface area (Å²) >= 11 is 1.33. The molecule has 0 aliphatic rings. The molecule has 2 heterocycles. The molecule has 0 saturated carbocycles. The summed E-state index contributed by atoms with van der Waals surface area (Å²) in [5, 5.41) is 7.89. The summed E-state index contributed by atoms with van der Waals surface area (Å²) in [4.78, 5) is 34.0. The highest BCUT2D eigenvalue weighted by Gasteiger charge is 2.20. The van der Waals surface area contributed by atoms with Crippen molar-refractivity contribution in [2.75, 3.05) is 5.32 Å². The van der Waals surface area contributed by atoms with E-state index in [1.807, 2.05) is 55.6 Å². The number of hydrogen-bond donors (Lipinski definition) is 3. The summed E-state index contributed by atoms with van der Waals surface area (Å²) in [6.45, 7) is 5.38. The van der Waals surface area contributed by atoms with E-state index >= 15 is 0 Å². The van der Waals surface area contributed by atoms with E-state index in [0.717, 1.165) is 27.9 Å². The second-order valence-electron chi connectivity index (χ2n) is 8.84. The third kappa shape index (κ3) is 5.98. The number of pyridine rings is 1. The van der Waals surface area contributed by atoms with Crippen LogP contribution in [0.15, 0.2) is 78.4 Å². The Labute approximate surface area is 208 Å². The molecule has 0 bridgehead atoms. The number of nitrogens with zero attached hydrogens (tertiary/aromatic N) is 2. The predicted octanol–water partition coefficient (Wildman–Crippen LogP) is 4.82. The van der Waals surface area contributed by atoms with E-state index in [4.69, 9.17) is 5.73 Å². The molecule has 0 aliphatic carbocycles. The van der Waals surface area contributed by atoms with Crippen LogP contribution in [0, 0.1) is 0 Å². The van der Waals surface area contributed by atoms with Crippen molar-refractivity contribution < 1.29 is 9.59 Å². The number of rotatable bonds is 7.